The number of hydrogen-bond donors (Lipinski definition) is 0. The molecule has 0 spiro atoms. The zero-order valence-corrected chi connectivity index (χ0v) is 20.8. The van der Waals surface area contributed by atoms with Crippen molar-refractivity contribution in [2.75, 3.05) is 33.9 Å². The monoisotopic (exact) mass is 451 g/mol. The van der Waals surface area contributed by atoms with E-state index in [1.54, 1.807) is 7.11 Å². The van der Waals surface area contributed by atoms with E-state index in [4.69, 9.17) is 19.3 Å². The van der Waals surface area contributed by atoms with Crippen LogP contribution < -0.4 is 9.47 Å². The molecule has 178 valence electrons. The van der Waals surface area contributed by atoms with E-state index >= 15 is 0 Å². The molecule has 1 heterocycles. The Bertz CT molecular complexity index is 1010. The fourth-order valence-electron chi connectivity index (χ4n) is 3.93. The maximum Gasteiger partial charge on any atom is 0.119 e. The second-order valence-corrected chi connectivity index (χ2v) is 8.50. The van der Waals surface area contributed by atoms with Crippen molar-refractivity contribution in [1.82, 2.24) is 14.7 Å². The number of benzene rings is 2. The highest BCUT2D eigenvalue weighted by molar-refractivity contribution is 5.31. The molecule has 1 unspecified atom stereocenters. The van der Waals surface area contributed by atoms with Gasteiger partial charge in [-0.15, -0.1) is 0 Å². The highest BCUT2D eigenvalue weighted by atomic mass is 16.5. The number of hydrogen-bond acceptors (Lipinski definition) is 5. The number of likely N-dealkylation sites (N-methyl/N-ethyl adjacent to an activating group) is 1. The standard InChI is InChI=1S/C27H37N3O3/c1-7-32-24-12-14-25(15-13-24)33-19-26(31-6)17-29(5)18-27-21(3)28-30(22(27)4)16-23-11-9-8-10-20(23)2/h8-15,26H,7,16-19H2,1-6H3. The predicted molar refractivity (Wildman–Crippen MR) is 132 cm³/mol. The van der Waals surface area contributed by atoms with E-state index in [1.165, 1.54) is 22.4 Å². The first-order valence-electron chi connectivity index (χ1n) is 11.6. The highest BCUT2D eigenvalue weighted by Gasteiger charge is 2.17. The minimum atomic E-state index is -0.0378. The van der Waals surface area contributed by atoms with Gasteiger partial charge in [-0.05, 0) is 70.1 Å². The number of aryl methyl sites for hydroxylation is 2. The molecule has 0 bridgehead atoms. The highest BCUT2D eigenvalue weighted by Crippen LogP contribution is 2.20. The van der Waals surface area contributed by atoms with Crippen molar-refractivity contribution in [3.8, 4) is 11.5 Å². The molecule has 6 nitrogen and oxygen atoms in total. The molecular weight excluding hydrogens is 414 g/mol. The topological polar surface area (TPSA) is 48.8 Å². The smallest absolute Gasteiger partial charge is 0.119 e. The number of rotatable bonds is 12. The summed E-state index contributed by atoms with van der Waals surface area (Å²) in [6.07, 6.45) is -0.0378. The lowest BCUT2D eigenvalue weighted by Crippen LogP contribution is -2.34. The fraction of sp³-hybridized carbons (Fsp3) is 0.444. The molecule has 33 heavy (non-hydrogen) atoms. The van der Waals surface area contributed by atoms with Crippen molar-refractivity contribution in [3.05, 3.63) is 76.6 Å². The molecule has 2 aromatic carbocycles. The van der Waals surface area contributed by atoms with Gasteiger partial charge in [0.1, 0.15) is 24.2 Å². The van der Waals surface area contributed by atoms with E-state index in [0.717, 1.165) is 36.8 Å². The van der Waals surface area contributed by atoms with Crippen LogP contribution in [0, 0.1) is 20.8 Å². The minimum Gasteiger partial charge on any atom is -0.494 e. The molecule has 3 aromatic rings. The summed E-state index contributed by atoms with van der Waals surface area (Å²) in [7, 11) is 3.84. The summed E-state index contributed by atoms with van der Waals surface area (Å²) in [4.78, 5) is 2.27. The van der Waals surface area contributed by atoms with Gasteiger partial charge in [-0.3, -0.25) is 9.58 Å². The summed E-state index contributed by atoms with van der Waals surface area (Å²) in [5, 5.41) is 4.82. The van der Waals surface area contributed by atoms with Crippen LogP contribution in [0.1, 0.15) is 35.0 Å². The van der Waals surface area contributed by atoms with Gasteiger partial charge < -0.3 is 14.2 Å². The van der Waals surface area contributed by atoms with Gasteiger partial charge in [-0.1, -0.05) is 24.3 Å². The van der Waals surface area contributed by atoms with Crippen LogP contribution in [0.5, 0.6) is 11.5 Å². The first kappa shape index (κ1) is 24.8. The Labute approximate surface area is 198 Å². The van der Waals surface area contributed by atoms with Gasteiger partial charge in [-0.2, -0.15) is 5.10 Å². The Hall–Kier alpha value is -2.83. The summed E-state index contributed by atoms with van der Waals surface area (Å²) in [5.41, 5.74) is 6.15. The lowest BCUT2D eigenvalue weighted by atomic mass is 10.1. The molecule has 1 aromatic heterocycles. The summed E-state index contributed by atoms with van der Waals surface area (Å²) >= 11 is 0. The van der Waals surface area contributed by atoms with Gasteiger partial charge in [0, 0.05) is 31.5 Å². The summed E-state index contributed by atoms with van der Waals surface area (Å²) in [5.74, 6) is 1.66. The van der Waals surface area contributed by atoms with Gasteiger partial charge in [0.05, 0.1) is 18.8 Å². The summed E-state index contributed by atoms with van der Waals surface area (Å²) < 4.78 is 19.2. The van der Waals surface area contributed by atoms with Gasteiger partial charge in [0.15, 0.2) is 0 Å². The Morgan fingerprint density at radius 3 is 2.27 bits per heavy atom. The first-order valence-corrected chi connectivity index (χ1v) is 11.6. The molecule has 0 saturated heterocycles. The number of methoxy groups -OCH3 is 1. The number of aromatic nitrogens is 2. The SMILES string of the molecule is CCOc1ccc(OCC(CN(C)Cc2c(C)nn(Cc3ccccc3C)c2C)OC)cc1. The van der Waals surface area contributed by atoms with Crippen LogP contribution in [0.15, 0.2) is 48.5 Å². The van der Waals surface area contributed by atoms with Crippen molar-refractivity contribution < 1.29 is 14.2 Å². The third-order valence-electron chi connectivity index (χ3n) is 5.96. The van der Waals surface area contributed by atoms with E-state index in [2.05, 4.69) is 61.7 Å². The van der Waals surface area contributed by atoms with Crippen LogP contribution in [0.4, 0.5) is 0 Å². The minimum absolute atomic E-state index is 0.0378. The predicted octanol–water partition coefficient (Wildman–Crippen LogP) is 4.78. The Kier molecular flexibility index (Phi) is 8.92. The van der Waals surface area contributed by atoms with E-state index in [9.17, 15) is 0 Å². The zero-order valence-electron chi connectivity index (χ0n) is 20.8. The number of ether oxygens (including phenoxy) is 3. The second kappa shape index (κ2) is 11.9. The average Bonchev–Trinajstić information content (AvgIpc) is 3.06. The quantitative estimate of drug-likeness (QED) is 0.397. The van der Waals surface area contributed by atoms with Gasteiger partial charge in [-0.25, -0.2) is 0 Å². The first-order chi connectivity index (χ1) is 15.9. The summed E-state index contributed by atoms with van der Waals surface area (Å²) in [6.45, 7) is 11.9. The van der Waals surface area contributed by atoms with E-state index in [-0.39, 0.29) is 6.10 Å². The van der Waals surface area contributed by atoms with Gasteiger partial charge in [0.2, 0.25) is 0 Å². The molecule has 0 aliphatic rings. The molecule has 1 atom stereocenters. The largest absolute Gasteiger partial charge is 0.494 e. The lowest BCUT2D eigenvalue weighted by molar-refractivity contribution is 0.0335. The van der Waals surface area contributed by atoms with Crippen LogP contribution in [-0.4, -0.2) is 54.7 Å². The van der Waals surface area contributed by atoms with Crippen molar-refractivity contribution in [3.63, 3.8) is 0 Å². The molecule has 0 aliphatic carbocycles. The molecule has 3 rings (SSSR count). The third kappa shape index (κ3) is 6.83. The molecular formula is C27H37N3O3. The van der Waals surface area contributed by atoms with Crippen LogP contribution in [0.3, 0.4) is 0 Å². The van der Waals surface area contributed by atoms with E-state index in [1.807, 2.05) is 31.2 Å². The summed E-state index contributed by atoms with van der Waals surface area (Å²) in [6, 6.07) is 16.2. The van der Waals surface area contributed by atoms with Crippen molar-refractivity contribution in [2.45, 2.75) is 46.9 Å². The van der Waals surface area contributed by atoms with E-state index < -0.39 is 0 Å². The Balaban J connectivity index is 1.57. The van der Waals surface area contributed by atoms with E-state index in [0.29, 0.717) is 13.2 Å². The average molecular weight is 452 g/mol. The van der Waals surface area contributed by atoms with Gasteiger partial charge in [0.25, 0.3) is 0 Å². The molecule has 0 saturated carbocycles. The van der Waals surface area contributed by atoms with Crippen LogP contribution in [0.2, 0.25) is 0 Å². The zero-order chi connectivity index (χ0) is 23.8. The molecule has 6 heteroatoms. The molecule has 0 fully saturated rings. The van der Waals surface area contributed by atoms with Crippen LogP contribution in [0.25, 0.3) is 0 Å². The molecule has 0 aliphatic heterocycles. The fourth-order valence-corrected chi connectivity index (χ4v) is 3.93. The normalized spacial score (nSPS) is 12.2. The number of nitrogens with zero attached hydrogens (tertiary/aromatic N) is 3. The van der Waals surface area contributed by atoms with Crippen molar-refractivity contribution in [1.29, 1.82) is 0 Å². The lowest BCUT2D eigenvalue weighted by Gasteiger charge is -2.23. The van der Waals surface area contributed by atoms with Crippen molar-refractivity contribution >= 4 is 0 Å². The van der Waals surface area contributed by atoms with Gasteiger partial charge >= 0.3 is 0 Å². The molecule has 0 radical (unpaired) electrons. The maximum atomic E-state index is 5.95. The Morgan fingerprint density at radius 2 is 1.64 bits per heavy atom. The Morgan fingerprint density at radius 1 is 0.970 bits per heavy atom. The molecule has 0 amide bonds. The van der Waals surface area contributed by atoms with Crippen molar-refractivity contribution in [2.24, 2.45) is 0 Å². The second-order valence-electron chi connectivity index (χ2n) is 8.50. The molecule has 0 N–H and O–H groups in total. The van der Waals surface area contributed by atoms with Crippen LogP contribution in [-0.2, 0) is 17.8 Å². The maximum absolute atomic E-state index is 5.95. The third-order valence-corrected chi connectivity index (χ3v) is 5.96. The van der Waals surface area contributed by atoms with Crippen LogP contribution >= 0.6 is 0 Å².